The van der Waals surface area contributed by atoms with Crippen molar-refractivity contribution in [3.8, 4) is 0 Å². The van der Waals surface area contributed by atoms with Gasteiger partial charge in [0.05, 0.1) is 12.2 Å². The van der Waals surface area contributed by atoms with Gasteiger partial charge in [0, 0.05) is 24.7 Å². The monoisotopic (exact) mass is 361 g/mol. The standard InChI is InChI=1S/C24H27NO2/c1-3-27-24(26)22-15-10-16-23(21-13-8-5-9-14-21)19(2)25(18-22)17-20-11-6-4-7-12-20/h4-14,16,18-19,23H,3,15,17H2,1-2H3/b16-10-,22-18+/t19-,23+/m0/s1. The Morgan fingerprint density at radius 3 is 2.41 bits per heavy atom. The maximum Gasteiger partial charge on any atom is 0.335 e. The molecule has 0 aromatic heterocycles. The second-order valence-electron chi connectivity index (χ2n) is 6.84. The topological polar surface area (TPSA) is 29.5 Å². The van der Waals surface area contributed by atoms with Crippen LogP contribution in [0.2, 0.25) is 0 Å². The minimum atomic E-state index is -0.231. The SMILES string of the molecule is CCOC(=O)/C1=C/N(Cc2ccccc2)[C@@H](C)[C@H](c2ccccc2)/C=C\C1. The molecule has 0 bridgehead atoms. The summed E-state index contributed by atoms with van der Waals surface area (Å²) in [6, 6.07) is 21.1. The quantitative estimate of drug-likeness (QED) is 0.550. The molecule has 0 fully saturated rings. The fourth-order valence-corrected chi connectivity index (χ4v) is 3.49. The normalized spacial score (nSPS) is 22.9. The summed E-state index contributed by atoms with van der Waals surface area (Å²) in [5.41, 5.74) is 3.20. The van der Waals surface area contributed by atoms with E-state index in [1.807, 2.05) is 25.3 Å². The Balaban J connectivity index is 1.94. The molecule has 0 unspecified atom stereocenters. The third-order valence-electron chi connectivity index (χ3n) is 4.98. The lowest BCUT2D eigenvalue weighted by molar-refractivity contribution is -0.138. The van der Waals surface area contributed by atoms with Gasteiger partial charge in [0.1, 0.15) is 0 Å². The minimum Gasteiger partial charge on any atom is -0.463 e. The first-order valence-corrected chi connectivity index (χ1v) is 9.58. The summed E-state index contributed by atoms with van der Waals surface area (Å²) in [5, 5.41) is 0. The first-order chi connectivity index (χ1) is 13.2. The summed E-state index contributed by atoms with van der Waals surface area (Å²) < 4.78 is 5.26. The van der Waals surface area contributed by atoms with Gasteiger partial charge in [-0.2, -0.15) is 0 Å². The average Bonchev–Trinajstić information content (AvgIpc) is 2.69. The van der Waals surface area contributed by atoms with Gasteiger partial charge in [0.15, 0.2) is 0 Å². The summed E-state index contributed by atoms with van der Waals surface area (Å²) >= 11 is 0. The molecule has 1 aliphatic heterocycles. The zero-order valence-electron chi connectivity index (χ0n) is 16.0. The number of ether oxygens (including phenoxy) is 1. The van der Waals surface area contributed by atoms with Gasteiger partial charge in [-0.05, 0) is 31.4 Å². The molecule has 0 saturated heterocycles. The highest BCUT2D eigenvalue weighted by Crippen LogP contribution is 2.29. The Morgan fingerprint density at radius 1 is 1.07 bits per heavy atom. The smallest absolute Gasteiger partial charge is 0.335 e. The van der Waals surface area contributed by atoms with Gasteiger partial charge < -0.3 is 9.64 Å². The predicted molar refractivity (Wildman–Crippen MR) is 109 cm³/mol. The number of rotatable bonds is 5. The van der Waals surface area contributed by atoms with Gasteiger partial charge in [-0.1, -0.05) is 72.8 Å². The molecule has 3 rings (SSSR count). The molecular formula is C24H27NO2. The molecule has 2 aromatic rings. The van der Waals surface area contributed by atoms with Gasteiger partial charge >= 0.3 is 5.97 Å². The highest BCUT2D eigenvalue weighted by atomic mass is 16.5. The van der Waals surface area contributed by atoms with E-state index >= 15 is 0 Å². The van der Waals surface area contributed by atoms with Crippen LogP contribution in [0.1, 0.15) is 37.3 Å². The molecule has 2 atom stereocenters. The Bertz CT molecular complexity index is 796. The molecule has 0 N–H and O–H groups in total. The van der Waals surface area contributed by atoms with Crippen molar-refractivity contribution >= 4 is 5.97 Å². The Kier molecular flexibility index (Phi) is 6.48. The fourth-order valence-electron chi connectivity index (χ4n) is 3.49. The van der Waals surface area contributed by atoms with Crippen LogP contribution in [0.25, 0.3) is 0 Å². The van der Waals surface area contributed by atoms with E-state index in [2.05, 4.69) is 72.5 Å². The number of allylic oxidation sites excluding steroid dienone is 1. The predicted octanol–water partition coefficient (Wildman–Crippen LogP) is 5.07. The van der Waals surface area contributed by atoms with E-state index in [9.17, 15) is 4.79 Å². The molecule has 2 aromatic carbocycles. The van der Waals surface area contributed by atoms with Crippen molar-refractivity contribution in [2.75, 3.05) is 6.61 Å². The molecule has 140 valence electrons. The summed E-state index contributed by atoms with van der Waals surface area (Å²) in [6.07, 6.45) is 6.90. The number of hydrogen-bond donors (Lipinski definition) is 0. The lowest BCUT2D eigenvalue weighted by atomic mass is 9.89. The van der Waals surface area contributed by atoms with Crippen molar-refractivity contribution in [1.29, 1.82) is 0 Å². The van der Waals surface area contributed by atoms with Gasteiger partial charge in [-0.15, -0.1) is 0 Å². The second kappa shape index (κ2) is 9.22. The molecule has 0 saturated carbocycles. The number of carbonyl (C=O) groups is 1. The van der Waals surface area contributed by atoms with E-state index in [0.29, 0.717) is 18.6 Å². The third kappa shape index (κ3) is 4.88. The van der Waals surface area contributed by atoms with E-state index in [4.69, 9.17) is 4.74 Å². The van der Waals surface area contributed by atoms with E-state index in [0.717, 1.165) is 6.54 Å². The van der Waals surface area contributed by atoms with Crippen LogP contribution < -0.4 is 0 Å². The van der Waals surface area contributed by atoms with Crippen LogP contribution in [0.4, 0.5) is 0 Å². The highest BCUT2D eigenvalue weighted by Gasteiger charge is 2.25. The Morgan fingerprint density at radius 2 is 1.74 bits per heavy atom. The zero-order valence-corrected chi connectivity index (χ0v) is 16.0. The Labute approximate surface area is 162 Å². The lowest BCUT2D eigenvalue weighted by Crippen LogP contribution is -2.34. The second-order valence-corrected chi connectivity index (χ2v) is 6.84. The van der Waals surface area contributed by atoms with Crippen LogP contribution in [0.5, 0.6) is 0 Å². The fraction of sp³-hybridized carbons (Fsp3) is 0.292. The highest BCUT2D eigenvalue weighted by molar-refractivity contribution is 5.88. The maximum absolute atomic E-state index is 12.4. The molecule has 1 heterocycles. The van der Waals surface area contributed by atoms with Crippen molar-refractivity contribution in [3.05, 3.63) is 95.7 Å². The maximum atomic E-state index is 12.4. The molecule has 27 heavy (non-hydrogen) atoms. The molecule has 0 spiro atoms. The summed E-state index contributed by atoms with van der Waals surface area (Å²) in [6.45, 7) is 5.20. The van der Waals surface area contributed by atoms with Crippen molar-refractivity contribution in [3.63, 3.8) is 0 Å². The number of nitrogens with zero attached hydrogens (tertiary/aromatic N) is 1. The van der Waals surface area contributed by atoms with Gasteiger partial charge in [-0.25, -0.2) is 4.79 Å². The van der Waals surface area contributed by atoms with Crippen molar-refractivity contribution < 1.29 is 9.53 Å². The minimum absolute atomic E-state index is 0.202. The third-order valence-corrected chi connectivity index (χ3v) is 4.98. The van der Waals surface area contributed by atoms with Gasteiger partial charge in [0.2, 0.25) is 0 Å². The number of carbonyl (C=O) groups excluding carboxylic acids is 1. The molecule has 3 nitrogen and oxygen atoms in total. The van der Waals surface area contributed by atoms with Crippen molar-refractivity contribution in [1.82, 2.24) is 4.90 Å². The van der Waals surface area contributed by atoms with Crippen LogP contribution in [-0.4, -0.2) is 23.5 Å². The Hall–Kier alpha value is -2.81. The zero-order chi connectivity index (χ0) is 19.1. The van der Waals surface area contributed by atoms with E-state index in [1.165, 1.54) is 11.1 Å². The molecule has 1 aliphatic rings. The molecule has 0 amide bonds. The molecular weight excluding hydrogens is 334 g/mol. The van der Waals surface area contributed by atoms with Crippen molar-refractivity contribution in [2.45, 2.75) is 38.8 Å². The average molecular weight is 361 g/mol. The summed E-state index contributed by atoms with van der Waals surface area (Å²) in [4.78, 5) is 14.6. The first kappa shape index (κ1) is 19.0. The molecule has 3 heteroatoms. The molecule has 0 aliphatic carbocycles. The van der Waals surface area contributed by atoms with E-state index in [-0.39, 0.29) is 17.9 Å². The van der Waals surface area contributed by atoms with Gasteiger partial charge in [-0.3, -0.25) is 0 Å². The largest absolute Gasteiger partial charge is 0.463 e. The summed E-state index contributed by atoms with van der Waals surface area (Å²) in [5.74, 6) is 0.0282. The van der Waals surface area contributed by atoms with Gasteiger partial charge in [0.25, 0.3) is 0 Å². The molecule has 0 radical (unpaired) electrons. The number of benzene rings is 2. The van der Waals surface area contributed by atoms with Crippen LogP contribution in [0.3, 0.4) is 0 Å². The summed E-state index contributed by atoms with van der Waals surface area (Å²) in [7, 11) is 0. The van der Waals surface area contributed by atoms with E-state index in [1.54, 1.807) is 0 Å². The van der Waals surface area contributed by atoms with E-state index < -0.39 is 0 Å². The number of esters is 1. The van der Waals surface area contributed by atoms with Crippen LogP contribution in [0.15, 0.2) is 84.6 Å². The first-order valence-electron chi connectivity index (χ1n) is 9.58. The van der Waals surface area contributed by atoms with Crippen LogP contribution >= 0.6 is 0 Å². The van der Waals surface area contributed by atoms with Crippen LogP contribution in [0, 0.1) is 0 Å². The van der Waals surface area contributed by atoms with Crippen LogP contribution in [-0.2, 0) is 16.1 Å². The lowest BCUT2D eigenvalue weighted by Gasteiger charge is -2.35. The number of hydrogen-bond acceptors (Lipinski definition) is 3. The van der Waals surface area contributed by atoms with Crippen molar-refractivity contribution in [2.24, 2.45) is 0 Å².